The summed E-state index contributed by atoms with van der Waals surface area (Å²) in [5.41, 5.74) is 0.288. The number of carbonyl (C=O) groups is 1. The number of hydrogen-bond acceptors (Lipinski definition) is 3. The molecule has 0 radical (unpaired) electrons. The Balaban J connectivity index is 2.12. The lowest BCUT2D eigenvalue weighted by Crippen LogP contribution is -2.39. The second kappa shape index (κ2) is 3.95. The van der Waals surface area contributed by atoms with Gasteiger partial charge in [0.25, 0.3) is 15.9 Å². The Morgan fingerprint density at radius 3 is 2.67 bits per heavy atom. The lowest BCUT2D eigenvalue weighted by Gasteiger charge is -2.25. The Labute approximate surface area is 106 Å². The number of benzene rings is 1. The molecule has 0 aromatic heterocycles. The highest BCUT2D eigenvalue weighted by atomic mass is 32.2. The van der Waals surface area contributed by atoms with Crippen LogP contribution in [0.25, 0.3) is 0 Å². The van der Waals surface area contributed by atoms with Gasteiger partial charge in [-0.1, -0.05) is 24.3 Å². The molecule has 0 spiro atoms. The third kappa shape index (κ3) is 1.50. The number of amides is 1. The fraction of sp³-hybridized carbons (Fsp3) is 0.308. The van der Waals surface area contributed by atoms with Gasteiger partial charge in [0, 0.05) is 0 Å². The highest BCUT2D eigenvalue weighted by molar-refractivity contribution is 7.90. The van der Waals surface area contributed by atoms with E-state index in [-0.39, 0.29) is 16.5 Å². The fourth-order valence-corrected chi connectivity index (χ4v) is 4.27. The second-order valence-electron chi connectivity index (χ2n) is 4.53. The van der Waals surface area contributed by atoms with E-state index >= 15 is 0 Å². The summed E-state index contributed by atoms with van der Waals surface area (Å²) in [4.78, 5) is 12.4. The summed E-state index contributed by atoms with van der Waals surface area (Å²) < 4.78 is 25.8. The lowest BCUT2D eigenvalue weighted by atomic mass is 10.0. The van der Waals surface area contributed by atoms with Crippen LogP contribution < -0.4 is 0 Å². The molecular weight excluding hydrogens is 250 g/mol. The smallest absolute Gasteiger partial charge is 0.268 e. The Kier molecular flexibility index (Phi) is 2.52. The molecule has 2 aliphatic rings. The van der Waals surface area contributed by atoms with Gasteiger partial charge in [-0.2, -0.15) is 0 Å². The molecule has 0 saturated heterocycles. The Bertz CT molecular complexity index is 633. The van der Waals surface area contributed by atoms with Crippen molar-refractivity contribution in [3.63, 3.8) is 0 Å². The van der Waals surface area contributed by atoms with E-state index in [0.717, 1.165) is 17.1 Å². The van der Waals surface area contributed by atoms with Crippen LogP contribution in [0.1, 0.15) is 29.6 Å². The van der Waals surface area contributed by atoms with Gasteiger partial charge in [-0.25, -0.2) is 12.7 Å². The SMILES string of the molecule is O=C1c2ccccc2S(=O)(=O)N1[C@H]1C=CCCC1. The molecule has 0 N–H and O–H groups in total. The van der Waals surface area contributed by atoms with E-state index in [4.69, 9.17) is 0 Å². The molecule has 3 rings (SSSR count). The largest absolute Gasteiger partial charge is 0.269 e. The molecule has 1 atom stereocenters. The molecule has 1 aliphatic heterocycles. The predicted molar refractivity (Wildman–Crippen MR) is 66.6 cm³/mol. The Morgan fingerprint density at radius 1 is 1.22 bits per heavy atom. The highest BCUT2D eigenvalue weighted by Gasteiger charge is 2.44. The van der Waals surface area contributed by atoms with E-state index in [0.29, 0.717) is 6.42 Å². The van der Waals surface area contributed by atoms with Crippen LogP contribution >= 0.6 is 0 Å². The van der Waals surface area contributed by atoms with Gasteiger partial charge in [-0.15, -0.1) is 0 Å². The zero-order valence-corrected chi connectivity index (χ0v) is 10.6. The van der Waals surface area contributed by atoms with E-state index in [1.165, 1.54) is 6.07 Å². The van der Waals surface area contributed by atoms with Crippen LogP contribution in [0.3, 0.4) is 0 Å². The average molecular weight is 263 g/mol. The topological polar surface area (TPSA) is 54.5 Å². The van der Waals surface area contributed by atoms with Gasteiger partial charge >= 0.3 is 0 Å². The van der Waals surface area contributed by atoms with Crippen molar-refractivity contribution in [2.75, 3.05) is 0 Å². The Morgan fingerprint density at radius 2 is 2.00 bits per heavy atom. The highest BCUT2D eigenvalue weighted by Crippen LogP contribution is 2.34. The van der Waals surface area contributed by atoms with E-state index in [1.54, 1.807) is 18.2 Å². The molecule has 1 aliphatic carbocycles. The van der Waals surface area contributed by atoms with Gasteiger partial charge < -0.3 is 0 Å². The molecule has 5 heteroatoms. The monoisotopic (exact) mass is 263 g/mol. The first-order valence-corrected chi connectivity index (χ1v) is 7.41. The molecule has 1 aromatic carbocycles. The van der Waals surface area contributed by atoms with Crippen LogP contribution in [0, 0.1) is 0 Å². The van der Waals surface area contributed by atoms with Crippen molar-refractivity contribution in [2.45, 2.75) is 30.2 Å². The van der Waals surface area contributed by atoms with Crippen molar-refractivity contribution in [3.8, 4) is 0 Å². The molecule has 1 amide bonds. The van der Waals surface area contributed by atoms with Crippen LogP contribution in [0.2, 0.25) is 0 Å². The summed E-state index contributed by atoms with van der Waals surface area (Å²) in [5.74, 6) is -0.401. The van der Waals surface area contributed by atoms with Gasteiger partial charge in [0.2, 0.25) is 0 Å². The van der Waals surface area contributed by atoms with E-state index < -0.39 is 15.9 Å². The lowest BCUT2D eigenvalue weighted by molar-refractivity contribution is 0.0844. The second-order valence-corrected chi connectivity index (χ2v) is 6.31. The maximum Gasteiger partial charge on any atom is 0.269 e. The number of allylic oxidation sites excluding steroid dienone is 1. The summed E-state index contributed by atoms with van der Waals surface area (Å²) >= 11 is 0. The summed E-state index contributed by atoms with van der Waals surface area (Å²) in [7, 11) is -3.66. The minimum atomic E-state index is -3.66. The molecular formula is C13H13NO3S. The summed E-state index contributed by atoms with van der Waals surface area (Å²) in [5, 5.41) is 0. The van der Waals surface area contributed by atoms with Crippen molar-refractivity contribution >= 4 is 15.9 Å². The van der Waals surface area contributed by atoms with E-state index in [9.17, 15) is 13.2 Å². The normalized spacial score (nSPS) is 25.2. The molecule has 1 heterocycles. The van der Waals surface area contributed by atoms with Crippen LogP contribution in [0.4, 0.5) is 0 Å². The molecule has 0 bridgehead atoms. The number of sulfonamides is 1. The van der Waals surface area contributed by atoms with Crippen molar-refractivity contribution in [1.82, 2.24) is 4.31 Å². The minimum Gasteiger partial charge on any atom is -0.268 e. The van der Waals surface area contributed by atoms with Crippen LogP contribution in [0.15, 0.2) is 41.3 Å². The molecule has 94 valence electrons. The molecule has 1 aromatic rings. The molecule has 4 nitrogen and oxygen atoms in total. The maximum absolute atomic E-state index is 12.4. The third-order valence-electron chi connectivity index (χ3n) is 3.38. The number of hydrogen-bond donors (Lipinski definition) is 0. The quantitative estimate of drug-likeness (QED) is 0.728. The molecule has 18 heavy (non-hydrogen) atoms. The first-order chi connectivity index (χ1) is 8.62. The number of fused-ring (bicyclic) bond motifs is 1. The first kappa shape index (κ1) is 11.5. The van der Waals surface area contributed by atoms with Gasteiger partial charge in [-0.05, 0) is 31.4 Å². The Hall–Kier alpha value is -1.62. The van der Waals surface area contributed by atoms with Crippen molar-refractivity contribution < 1.29 is 13.2 Å². The molecule has 0 unspecified atom stereocenters. The van der Waals surface area contributed by atoms with Crippen LogP contribution in [-0.2, 0) is 10.0 Å². The first-order valence-electron chi connectivity index (χ1n) is 5.97. The van der Waals surface area contributed by atoms with Crippen molar-refractivity contribution in [1.29, 1.82) is 0 Å². The maximum atomic E-state index is 12.4. The fourth-order valence-electron chi connectivity index (χ4n) is 2.52. The summed E-state index contributed by atoms with van der Waals surface area (Å²) in [6.45, 7) is 0. The zero-order chi connectivity index (χ0) is 12.8. The van der Waals surface area contributed by atoms with Gasteiger partial charge in [0.1, 0.15) is 4.90 Å². The van der Waals surface area contributed by atoms with Crippen LogP contribution in [-0.4, -0.2) is 24.7 Å². The summed E-state index contributed by atoms with van der Waals surface area (Å²) in [6, 6.07) is 6.07. The molecule has 0 fully saturated rings. The predicted octanol–water partition coefficient (Wildman–Crippen LogP) is 1.94. The third-order valence-corrected chi connectivity index (χ3v) is 5.25. The number of nitrogens with zero attached hydrogens (tertiary/aromatic N) is 1. The molecule has 0 saturated carbocycles. The van der Waals surface area contributed by atoms with Crippen LogP contribution in [0.5, 0.6) is 0 Å². The number of carbonyl (C=O) groups excluding carboxylic acids is 1. The summed E-state index contributed by atoms with van der Waals surface area (Å²) in [6.07, 6.45) is 6.34. The van der Waals surface area contributed by atoms with Crippen molar-refractivity contribution in [3.05, 3.63) is 42.0 Å². The standard InChI is InChI=1S/C13H13NO3S/c15-13-11-8-4-5-9-12(11)18(16,17)14(13)10-6-2-1-3-7-10/h2,4-6,8-10H,1,3,7H2/t10-/m0/s1. The van der Waals surface area contributed by atoms with Crippen molar-refractivity contribution in [2.24, 2.45) is 0 Å². The van der Waals surface area contributed by atoms with Gasteiger partial charge in [0.15, 0.2) is 0 Å². The number of rotatable bonds is 1. The van der Waals surface area contributed by atoms with Gasteiger partial charge in [0.05, 0.1) is 11.6 Å². The minimum absolute atomic E-state index is 0.133. The van der Waals surface area contributed by atoms with E-state index in [2.05, 4.69) is 0 Å². The van der Waals surface area contributed by atoms with Gasteiger partial charge in [-0.3, -0.25) is 4.79 Å². The zero-order valence-electron chi connectivity index (χ0n) is 9.74. The average Bonchev–Trinajstić information content (AvgIpc) is 2.59. The van der Waals surface area contributed by atoms with E-state index in [1.807, 2.05) is 12.2 Å².